The lowest BCUT2D eigenvalue weighted by molar-refractivity contribution is 0.183. The first kappa shape index (κ1) is 17.5. The molecule has 0 fully saturated rings. The number of nitrogens with one attached hydrogen (secondary N) is 1. The monoisotopic (exact) mass is 363 g/mol. The summed E-state index contributed by atoms with van der Waals surface area (Å²) < 4.78 is 53.8. The zero-order chi connectivity index (χ0) is 18.0. The molecule has 0 radical (unpaired) electrons. The topological polar surface area (TPSA) is 66.4 Å². The average molecular weight is 363 g/mol. The number of hydrogen-bond acceptors (Lipinski definition) is 3. The van der Waals surface area contributed by atoms with Crippen molar-refractivity contribution in [1.29, 1.82) is 0 Å². The van der Waals surface area contributed by atoms with Gasteiger partial charge in [-0.15, -0.1) is 0 Å². The first-order chi connectivity index (χ1) is 11.9. The molecule has 25 heavy (non-hydrogen) atoms. The summed E-state index contributed by atoms with van der Waals surface area (Å²) in [4.78, 5) is -1.06. The summed E-state index contributed by atoms with van der Waals surface area (Å²) in [5, 5.41) is 12.0. The molecule has 3 rings (SSSR count). The number of hydrogen-bond donors (Lipinski definition) is 2. The van der Waals surface area contributed by atoms with Crippen LogP contribution in [0.4, 0.5) is 8.78 Å². The van der Waals surface area contributed by atoms with E-state index in [-0.39, 0.29) is 0 Å². The third-order valence-electron chi connectivity index (χ3n) is 3.84. The molecule has 3 aromatic rings. The Hall–Kier alpha value is -2.35. The molecule has 0 aliphatic carbocycles. The Balaban J connectivity index is 1.85. The van der Waals surface area contributed by atoms with Gasteiger partial charge in [0.25, 0.3) is 0 Å². The van der Waals surface area contributed by atoms with Crippen LogP contribution in [0.5, 0.6) is 0 Å². The van der Waals surface area contributed by atoms with Crippen LogP contribution in [0.3, 0.4) is 0 Å². The molecule has 0 aromatic heterocycles. The van der Waals surface area contributed by atoms with Crippen LogP contribution in [0.25, 0.3) is 10.8 Å². The van der Waals surface area contributed by atoms with Crippen LogP contribution in [0.15, 0.2) is 65.6 Å². The predicted octanol–water partition coefficient (Wildman–Crippen LogP) is 3.13. The largest absolute Gasteiger partial charge is 0.387 e. The molecule has 0 bridgehead atoms. The zero-order valence-electron chi connectivity index (χ0n) is 13.0. The molecule has 7 heteroatoms. The molecule has 0 spiro atoms. The molecule has 1 atom stereocenters. The molecule has 2 N–H and O–H groups in total. The van der Waals surface area contributed by atoms with Gasteiger partial charge in [0.1, 0.15) is 11.6 Å². The molecular formula is C18H15F2NO3S. The molecule has 1 unspecified atom stereocenters. The molecule has 4 nitrogen and oxygen atoms in total. The SMILES string of the molecule is O=S(=O)(NCC(O)c1cccc2ccccc12)c1c(F)cccc1F. The van der Waals surface area contributed by atoms with E-state index in [0.717, 1.165) is 29.0 Å². The van der Waals surface area contributed by atoms with E-state index in [1.807, 2.05) is 18.2 Å². The Morgan fingerprint density at radius 2 is 1.52 bits per heavy atom. The number of aliphatic hydroxyl groups is 1. The number of fused-ring (bicyclic) bond motifs is 1. The third-order valence-corrected chi connectivity index (χ3v) is 5.31. The van der Waals surface area contributed by atoms with Gasteiger partial charge in [0, 0.05) is 6.54 Å². The maximum Gasteiger partial charge on any atom is 0.246 e. The molecule has 0 aliphatic heterocycles. The van der Waals surface area contributed by atoms with Crippen LogP contribution in [0.2, 0.25) is 0 Å². The highest BCUT2D eigenvalue weighted by Gasteiger charge is 2.24. The predicted molar refractivity (Wildman–Crippen MR) is 90.5 cm³/mol. The zero-order valence-corrected chi connectivity index (χ0v) is 13.8. The molecule has 130 valence electrons. The summed E-state index contributed by atoms with van der Waals surface area (Å²) in [7, 11) is -4.44. The van der Waals surface area contributed by atoms with E-state index in [1.165, 1.54) is 0 Å². The minimum atomic E-state index is -4.44. The van der Waals surface area contributed by atoms with Crippen molar-refractivity contribution in [3.63, 3.8) is 0 Å². The third kappa shape index (κ3) is 3.53. The van der Waals surface area contributed by atoms with Crippen LogP contribution in [-0.4, -0.2) is 20.1 Å². The Morgan fingerprint density at radius 1 is 0.920 bits per heavy atom. The Bertz CT molecular complexity index is 996. The Kier molecular flexibility index (Phi) is 4.80. The van der Waals surface area contributed by atoms with Gasteiger partial charge in [-0.2, -0.15) is 0 Å². The van der Waals surface area contributed by atoms with Crippen molar-refractivity contribution in [2.24, 2.45) is 0 Å². The fourth-order valence-corrected chi connectivity index (χ4v) is 3.82. The van der Waals surface area contributed by atoms with Crippen molar-refractivity contribution in [3.05, 3.63) is 77.9 Å². The van der Waals surface area contributed by atoms with Gasteiger partial charge in [0.2, 0.25) is 10.0 Å². The minimum Gasteiger partial charge on any atom is -0.387 e. The molecule has 0 heterocycles. The van der Waals surface area contributed by atoms with Gasteiger partial charge in [0.05, 0.1) is 6.10 Å². The maximum absolute atomic E-state index is 13.7. The molecule has 0 aliphatic rings. The van der Waals surface area contributed by atoms with Gasteiger partial charge >= 0.3 is 0 Å². The van der Waals surface area contributed by atoms with Crippen molar-refractivity contribution in [2.45, 2.75) is 11.0 Å². The fourth-order valence-electron chi connectivity index (χ4n) is 2.65. The second-order valence-electron chi connectivity index (χ2n) is 5.49. The van der Waals surface area contributed by atoms with Crippen molar-refractivity contribution < 1.29 is 22.3 Å². The Morgan fingerprint density at radius 3 is 2.24 bits per heavy atom. The summed E-state index contributed by atoms with van der Waals surface area (Å²) in [5.74, 6) is -2.38. The van der Waals surface area contributed by atoms with Crippen LogP contribution in [0.1, 0.15) is 11.7 Å². The van der Waals surface area contributed by atoms with Crippen molar-refractivity contribution >= 4 is 20.8 Å². The van der Waals surface area contributed by atoms with Gasteiger partial charge in [0.15, 0.2) is 4.90 Å². The van der Waals surface area contributed by atoms with Crippen LogP contribution < -0.4 is 4.72 Å². The molecular weight excluding hydrogens is 348 g/mol. The van der Waals surface area contributed by atoms with E-state index in [0.29, 0.717) is 5.56 Å². The number of halogens is 2. The summed E-state index contributed by atoms with van der Waals surface area (Å²) in [6.07, 6.45) is -1.17. The van der Waals surface area contributed by atoms with Gasteiger partial charge in [-0.05, 0) is 28.5 Å². The van der Waals surface area contributed by atoms with Gasteiger partial charge < -0.3 is 5.11 Å². The van der Waals surface area contributed by atoms with Crippen molar-refractivity contribution in [1.82, 2.24) is 4.72 Å². The Labute approximate surface area is 143 Å². The lowest BCUT2D eigenvalue weighted by atomic mass is 10.0. The van der Waals surface area contributed by atoms with Crippen molar-refractivity contribution in [2.75, 3.05) is 6.54 Å². The fraction of sp³-hybridized carbons (Fsp3) is 0.111. The first-order valence-corrected chi connectivity index (χ1v) is 8.98. The van der Waals surface area contributed by atoms with Gasteiger partial charge in [-0.3, -0.25) is 0 Å². The molecule has 0 saturated carbocycles. The second-order valence-corrected chi connectivity index (χ2v) is 7.19. The van der Waals surface area contributed by atoms with E-state index < -0.39 is 39.2 Å². The number of rotatable bonds is 5. The summed E-state index contributed by atoms with van der Waals surface area (Å²) in [6.45, 7) is -0.413. The minimum absolute atomic E-state index is 0.413. The highest BCUT2D eigenvalue weighted by atomic mass is 32.2. The highest BCUT2D eigenvalue weighted by molar-refractivity contribution is 7.89. The standard InChI is InChI=1S/C18H15F2NO3S/c19-15-9-4-10-16(20)18(15)25(23,24)21-11-17(22)14-8-3-6-12-5-1-2-7-13(12)14/h1-10,17,21-22H,11H2. The van der Waals surface area contributed by atoms with Gasteiger partial charge in [-0.1, -0.05) is 48.5 Å². The highest BCUT2D eigenvalue weighted by Crippen LogP contribution is 2.25. The van der Waals surface area contributed by atoms with Crippen LogP contribution in [-0.2, 0) is 10.0 Å². The first-order valence-electron chi connectivity index (χ1n) is 7.49. The van der Waals surface area contributed by atoms with Gasteiger partial charge in [-0.25, -0.2) is 21.9 Å². The molecule has 3 aromatic carbocycles. The normalized spacial score (nSPS) is 13.1. The van der Waals surface area contributed by atoms with Crippen LogP contribution in [0, 0.1) is 11.6 Å². The smallest absolute Gasteiger partial charge is 0.246 e. The average Bonchev–Trinajstić information content (AvgIpc) is 2.59. The number of aliphatic hydroxyl groups excluding tert-OH is 1. The lowest BCUT2D eigenvalue weighted by Crippen LogP contribution is -2.30. The summed E-state index contributed by atoms with van der Waals surface area (Å²) in [5.41, 5.74) is 0.523. The van der Waals surface area contributed by atoms with E-state index in [1.54, 1.807) is 24.3 Å². The lowest BCUT2D eigenvalue weighted by Gasteiger charge is -2.15. The van der Waals surface area contributed by atoms with E-state index in [4.69, 9.17) is 0 Å². The number of benzene rings is 3. The van der Waals surface area contributed by atoms with E-state index >= 15 is 0 Å². The molecule has 0 saturated heterocycles. The summed E-state index contributed by atoms with van der Waals surface area (Å²) >= 11 is 0. The van der Waals surface area contributed by atoms with E-state index in [9.17, 15) is 22.3 Å². The quantitative estimate of drug-likeness (QED) is 0.732. The van der Waals surface area contributed by atoms with Crippen LogP contribution >= 0.6 is 0 Å². The molecule has 0 amide bonds. The maximum atomic E-state index is 13.7. The summed E-state index contributed by atoms with van der Waals surface area (Å²) in [6, 6.07) is 15.4. The number of sulfonamides is 1. The van der Waals surface area contributed by atoms with Crippen molar-refractivity contribution in [3.8, 4) is 0 Å². The second kappa shape index (κ2) is 6.87. The van der Waals surface area contributed by atoms with E-state index in [2.05, 4.69) is 4.72 Å².